The molecular formula is C12H17N3S. The van der Waals surface area contributed by atoms with Crippen LogP contribution in [-0.4, -0.2) is 23.1 Å². The molecule has 1 aliphatic heterocycles. The van der Waals surface area contributed by atoms with Crippen molar-refractivity contribution in [1.29, 1.82) is 0 Å². The number of nitrogens with zero attached hydrogens (tertiary/aromatic N) is 2. The van der Waals surface area contributed by atoms with Crippen LogP contribution < -0.4 is 10.6 Å². The van der Waals surface area contributed by atoms with Crippen molar-refractivity contribution >= 4 is 23.0 Å². The van der Waals surface area contributed by atoms with Crippen molar-refractivity contribution in [2.75, 3.05) is 18.0 Å². The van der Waals surface area contributed by atoms with Gasteiger partial charge in [0.05, 0.1) is 4.99 Å². The van der Waals surface area contributed by atoms with Crippen molar-refractivity contribution in [2.45, 2.75) is 25.7 Å². The number of nitrogens with two attached hydrogens (primary N) is 1. The third-order valence-corrected chi connectivity index (χ3v) is 3.03. The quantitative estimate of drug-likeness (QED) is 0.813. The molecule has 4 heteroatoms. The molecule has 0 aromatic carbocycles. The molecule has 0 amide bonds. The first kappa shape index (κ1) is 11.3. The molecule has 0 saturated carbocycles. The fourth-order valence-electron chi connectivity index (χ4n) is 2.15. The number of piperidine rings is 1. The predicted molar refractivity (Wildman–Crippen MR) is 70.8 cm³/mol. The summed E-state index contributed by atoms with van der Waals surface area (Å²) in [6.45, 7) is 2.20. The Kier molecular flexibility index (Phi) is 3.72. The zero-order valence-corrected chi connectivity index (χ0v) is 10.2. The molecule has 3 nitrogen and oxygen atoms in total. The number of hydrogen-bond acceptors (Lipinski definition) is 3. The van der Waals surface area contributed by atoms with E-state index in [1.807, 2.05) is 12.3 Å². The SMILES string of the molecule is NC(=S)Cc1cccnc1N1CCCCC1. The molecule has 2 heterocycles. The van der Waals surface area contributed by atoms with E-state index >= 15 is 0 Å². The molecule has 0 radical (unpaired) electrons. The molecule has 1 saturated heterocycles. The maximum Gasteiger partial charge on any atom is 0.132 e. The van der Waals surface area contributed by atoms with Crippen LogP contribution in [0.15, 0.2) is 18.3 Å². The molecule has 0 aliphatic carbocycles. The molecule has 1 aromatic heterocycles. The van der Waals surface area contributed by atoms with Crippen LogP contribution in [0.5, 0.6) is 0 Å². The lowest BCUT2D eigenvalue weighted by atomic mass is 10.1. The maximum absolute atomic E-state index is 5.61. The monoisotopic (exact) mass is 235 g/mol. The van der Waals surface area contributed by atoms with E-state index in [1.54, 1.807) is 0 Å². The Bertz CT molecular complexity index is 372. The Morgan fingerprint density at radius 1 is 1.38 bits per heavy atom. The van der Waals surface area contributed by atoms with Crippen LogP contribution in [0.4, 0.5) is 5.82 Å². The minimum atomic E-state index is 0.534. The second-order valence-electron chi connectivity index (χ2n) is 4.18. The van der Waals surface area contributed by atoms with E-state index in [0.717, 1.165) is 24.5 Å². The highest BCUT2D eigenvalue weighted by molar-refractivity contribution is 7.80. The van der Waals surface area contributed by atoms with Crippen LogP contribution in [0.25, 0.3) is 0 Å². The Balaban J connectivity index is 2.20. The minimum Gasteiger partial charge on any atom is -0.393 e. The largest absolute Gasteiger partial charge is 0.393 e. The van der Waals surface area contributed by atoms with E-state index in [9.17, 15) is 0 Å². The van der Waals surface area contributed by atoms with E-state index in [4.69, 9.17) is 18.0 Å². The summed E-state index contributed by atoms with van der Waals surface area (Å²) in [6.07, 6.45) is 6.32. The van der Waals surface area contributed by atoms with Crippen LogP contribution in [0.3, 0.4) is 0 Å². The molecule has 0 unspecified atom stereocenters. The number of pyridine rings is 1. The van der Waals surface area contributed by atoms with Gasteiger partial charge in [-0.25, -0.2) is 4.98 Å². The number of anilines is 1. The first-order valence-electron chi connectivity index (χ1n) is 5.74. The Morgan fingerprint density at radius 3 is 2.81 bits per heavy atom. The number of thiocarbonyl (C=S) groups is 1. The molecule has 0 bridgehead atoms. The summed E-state index contributed by atoms with van der Waals surface area (Å²) in [5.41, 5.74) is 6.76. The number of hydrogen-bond donors (Lipinski definition) is 1. The molecule has 86 valence electrons. The van der Waals surface area contributed by atoms with Crippen LogP contribution >= 0.6 is 12.2 Å². The van der Waals surface area contributed by atoms with E-state index in [-0.39, 0.29) is 0 Å². The highest BCUT2D eigenvalue weighted by Gasteiger charge is 2.15. The Morgan fingerprint density at radius 2 is 2.12 bits per heavy atom. The van der Waals surface area contributed by atoms with Crippen LogP contribution in [-0.2, 0) is 6.42 Å². The summed E-state index contributed by atoms with van der Waals surface area (Å²) in [6, 6.07) is 4.01. The summed E-state index contributed by atoms with van der Waals surface area (Å²) < 4.78 is 0. The van der Waals surface area contributed by atoms with E-state index in [1.165, 1.54) is 19.3 Å². The first-order valence-corrected chi connectivity index (χ1v) is 6.15. The average molecular weight is 235 g/mol. The van der Waals surface area contributed by atoms with Gasteiger partial charge in [-0.3, -0.25) is 0 Å². The second kappa shape index (κ2) is 5.25. The molecule has 16 heavy (non-hydrogen) atoms. The summed E-state index contributed by atoms with van der Waals surface area (Å²) in [7, 11) is 0. The summed E-state index contributed by atoms with van der Waals surface area (Å²) >= 11 is 4.97. The number of aromatic nitrogens is 1. The molecular weight excluding hydrogens is 218 g/mol. The number of rotatable bonds is 3. The molecule has 0 atom stereocenters. The highest BCUT2D eigenvalue weighted by Crippen LogP contribution is 2.21. The average Bonchev–Trinajstić information content (AvgIpc) is 2.30. The zero-order valence-electron chi connectivity index (χ0n) is 9.35. The predicted octanol–water partition coefficient (Wildman–Crippen LogP) is 1.90. The molecule has 1 fully saturated rings. The van der Waals surface area contributed by atoms with Gasteiger partial charge in [0.2, 0.25) is 0 Å². The van der Waals surface area contributed by atoms with Crippen molar-refractivity contribution in [3.8, 4) is 0 Å². The van der Waals surface area contributed by atoms with Crippen LogP contribution in [0.2, 0.25) is 0 Å². The highest BCUT2D eigenvalue weighted by atomic mass is 32.1. The summed E-state index contributed by atoms with van der Waals surface area (Å²) in [5, 5.41) is 0. The van der Waals surface area contributed by atoms with Crippen molar-refractivity contribution in [2.24, 2.45) is 5.73 Å². The van der Waals surface area contributed by atoms with E-state index in [2.05, 4.69) is 16.0 Å². The van der Waals surface area contributed by atoms with Gasteiger partial charge in [-0.05, 0) is 25.3 Å². The lowest BCUT2D eigenvalue weighted by Gasteiger charge is -2.29. The zero-order chi connectivity index (χ0) is 11.4. The molecule has 2 rings (SSSR count). The van der Waals surface area contributed by atoms with Gasteiger partial charge in [-0.2, -0.15) is 0 Å². The molecule has 2 N–H and O–H groups in total. The van der Waals surface area contributed by atoms with E-state index < -0.39 is 0 Å². The van der Waals surface area contributed by atoms with Gasteiger partial charge < -0.3 is 10.6 Å². The lowest BCUT2D eigenvalue weighted by molar-refractivity contribution is 0.572. The van der Waals surface area contributed by atoms with Gasteiger partial charge in [0.15, 0.2) is 0 Å². The fourth-order valence-corrected chi connectivity index (χ4v) is 2.30. The normalized spacial score (nSPS) is 16.1. The van der Waals surface area contributed by atoms with Gasteiger partial charge >= 0.3 is 0 Å². The van der Waals surface area contributed by atoms with Crippen LogP contribution in [0, 0.1) is 0 Å². The van der Waals surface area contributed by atoms with Crippen molar-refractivity contribution < 1.29 is 0 Å². The Hall–Kier alpha value is -1.16. The first-order chi connectivity index (χ1) is 7.77. The molecule has 1 aromatic rings. The second-order valence-corrected chi connectivity index (χ2v) is 4.70. The third kappa shape index (κ3) is 2.70. The third-order valence-electron chi connectivity index (χ3n) is 2.89. The van der Waals surface area contributed by atoms with Gasteiger partial charge in [0, 0.05) is 31.3 Å². The standard InChI is InChI=1S/C12H17N3S/c13-11(16)9-10-5-4-6-14-12(10)15-7-2-1-3-8-15/h4-6H,1-3,7-9H2,(H2,13,16). The van der Waals surface area contributed by atoms with E-state index in [0.29, 0.717) is 11.4 Å². The van der Waals surface area contributed by atoms with Crippen molar-refractivity contribution in [3.63, 3.8) is 0 Å². The minimum absolute atomic E-state index is 0.534. The topological polar surface area (TPSA) is 42.1 Å². The van der Waals surface area contributed by atoms with Crippen molar-refractivity contribution in [1.82, 2.24) is 4.98 Å². The smallest absolute Gasteiger partial charge is 0.132 e. The fraction of sp³-hybridized carbons (Fsp3) is 0.500. The van der Waals surface area contributed by atoms with Crippen LogP contribution in [0.1, 0.15) is 24.8 Å². The molecule has 0 spiro atoms. The van der Waals surface area contributed by atoms with Gasteiger partial charge in [0.25, 0.3) is 0 Å². The van der Waals surface area contributed by atoms with Gasteiger partial charge in [-0.15, -0.1) is 0 Å². The maximum atomic E-state index is 5.61. The lowest BCUT2D eigenvalue weighted by Crippen LogP contribution is -2.31. The summed E-state index contributed by atoms with van der Waals surface area (Å²) in [4.78, 5) is 7.34. The summed E-state index contributed by atoms with van der Waals surface area (Å²) in [5.74, 6) is 1.06. The van der Waals surface area contributed by atoms with Crippen molar-refractivity contribution in [3.05, 3.63) is 23.9 Å². The van der Waals surface area contributed by atoms with Gasteiger partial charge in [-0.1, -0.05) is 18.3 Å². The van der Waals surface area contributed by atoms with Gasteiger partial charge in [0.1, 0.15) is 5.82 Å². The Labute approximate surface area is 102 Å². The molecule has 1 aliphatic rings.